The topological polar surface area (TPSA) is 54.0 Å². The van der Waals surface area contributed by atoms with Gasteiger partial charge in [0, 0.05) is 0 Å². The molecule has 4 unspecified atom stereocenters. The Balaban J connectivity index is 1.93. The van der Waals surface area contributed by atoms with Gasteiger partial charge in [-0.15, -0.1) is 0 Å². The third kappa shape index (κ3) is 4.00. The summed E-state index contributed by atoms with van der Waals surface area (Å²) in [4.78, 5) is 12.3. The molecule has 0 N–H and O–H groups in total. The summed E-state index contributed by atoms with van der Waals surface area (Å²) in [7, 11) is 0. The predicted molar refractivity (Wildman–Crippen MR) is 82.7 cm³/mol. The second-order valence-corrected chi connectivity index (χ2v) is 7.94. The van der Waals surface area contributed by atoms with Crippen molar-refractivity contribution in [3.05, 3.63) is 0 Å². The van der Waals surface area contributed by atoms with Gasteiger partial charge in [0.25, 0.3) is 0 Å². The highest BCUT2D eigenvalue weighted by Gasteiger charge is 2.51. The van der Waals surface area contributed by atoms with Crippen LogP contribution in [0, 0.1) is 5.41 Å². The van der Waals surface area contributed by atoms with Gasteiger partial charge in [-0.3, -0.25) is 4.79 Å². The van der Waals surface area contributed by atoms with Gasteiger partial charge < -0.3 is 18.9 Å². The largest absolute Gasteiger partial charge is 0.457 e. The van der Waals surface area contributed by atoms with E-state index in [-0.39, 0.29) is 36.0 Å². The molecule has 128 valence electrons. The van der Waals surface area contributed by atoms with Crippen LogP contribution in [0.2, 0.25) is 0 Å². The Morgan fingerprint density at radius 3 is 2.14 bits per heavy atom. The van der Waals surface area contributed by atoms with E-state index >= 15 is 0 Å². The summed E-state index contributed by atoms with van der Waals surface area (Å²) in [6.45, 7) is 12.8. The van der Waals surface area contributed by atoms with Gasteiger partial charge in [0.15, 0.2) is 6.10 Å². The van der Waals surface area contributed by atoms with Crippen molar-refractivity contribution >= 4 is 5.97 Å². The van der Waals surface area contributed by atoms with Crippen molar-refractivity contribution in [1.29, 1.82) is 0 Å². The predicted octanol–water partition coefficient (Wildman–Crippen LogP) is 2.71. The SMILES string of the molecule is CCCC(C)(C)C(=O)OC1COC2C(OC(C)(C)C)COC12. The first kappa shape index (κ1) is 17.7. The highest BCUT2D eigenvalue weighted by Crippen LogP contribution is 2.34. The Hall–Kier alpha value is -0.650. The summed E-state index contributed by atoms with van der Waals surface area (Å²) in [6.07, 6.45) is 0.969. The van der Waals surface area contributed by atoms with Gasteiger partial charge in [0.1, 0.15) is 18.3 Å². The summed E-state index contributed by atoms with van der Waals surface area (Å²) in [5, 5.41) is 0. The molecule has 0 aromatic heterocycles. The Labute approximate surface area is 133 Å². The molecule has 2 heterocycles. The molecule has 4 atom stereocenters. The highest BCUT2D eigenvalue weighted by molar-refractivity contribution is 5.76. The van der Waals surface area contributed by atoms with E-state index in [4.69, 9.17) is 18.9 Å². The quantitative estimate of drug-likeness (QED) is 0.730. The first-order chi connectivity index (χ1) is 10.1. The van der Waals surface area contributed by atoms with Crippen LogP contribution >= 0.6 is 0 Å². The zero-order valence-corrected chi connectivity index (χ0v) is 14.7. The van der Waals surface area contributed by atoms with Gasteiger partial charge in [-0.05, 0) is 41.0 Å². The van der Waals surface area contributed by atoms with E-state index in [2.05, 4.69) is 6.92 Å². The standard InChI is InChI=1S/C17H30O5/c1-7-8-17(5,6)15(18)21-11-9-19-14-12(10-20-13(11)14)22-16(2,3)4/h11-14H,7-10H2,1-6H3. The maximum Gasteiger partial charge on any atom is 0.311 e. The van der Waals surface area contributed by atoms with Crippen LogP contribution in [0.25, 0.3) is 0 Å². The van der Waals surface area contributed by atoms with E-state index in [1.807, 2.05) is 34.6 Å². The van der Waals surface area contributed by atoms with Crippen molar-refractivity contribution in [3.8, 4) is 0 Å². The molecule has 5 nitrogen and oxygen atoms in total. The fourth-order valence-corrected chi connectivity index (χ4v) is 3.11. The summed E-state index contributed by atoms with van der Waals surface area (Å²) >= 11 is 0. The van der Waals surface area contributed by atoms with Crippen molar-refractivity contribution in [2.75, 3.05) is 13.2 Å². The van der Waals surface area contributed by atoms with Crippen LogP contribution in [-0.2, 0) is 23.7 Å². The van der Waals surface area contributed by atoms with E-state index in [0.717, 1.165) is 12.8 Å². The molecule has 2 fully saturated rings. The Kier molecular flexibility index (Phi) is 5.20. The lowest BCUT2D eigenvalue weighted by molar-refractivity contribution is -0.165. The molecule has 2 aliphatic heterocycles. The third-order valence-electron chi connectivity index (χ3n) is 4.15. The molecule has 0 aromatic carbocycles. The fourth-order valence-electron chi connectivity index (χ4n) is 3.11. The summed E-state index contributed by atoms with van der Waals surface area (Å²) in [6, 6.07) is 0. The second-order valence-electron chi connectivity index (χ2n) is 7.94. The average molecular weight is 314 g/mol. The second kappa shape index (κ2) is 6.46. The van der Waals surface area contributed by atoms with Gasteiger partial charge in [-0.25, -0.2) is 0 Å². The number of esters is 1. The van der Waals surface area contributed by atoms with Gasteiger partial charge in [0.05, 0.1) is 24.2 Å². The van der Waals surface area contributed by atoms with E-state index in [1.165, 1.54) is 0 Å². The monoisotopic (exact) mass is 314 g/mol. The van der Waals surface area contributed by atoms with Crippen LogP contribution in [0.3, 0.4) is 0 Å². The van der Waals surface area contributed by atoms with Crippen LogP contribution in [0.1, 0.15) is 54.4 Å². The summed E-state index contributed by atoms with van der Waals surface area (Å²) < 4.78 is 23.2. The molecule has 5 heteroatoms. The van der Waals surface area contributed by atoms with E-state index < -0.39 is 5.41 Å². The lowest BCUT2D eigenvalue weighted by Crippen LogP contribution is -2.39. The first-order valence-corrected chi connectivity index (χ1v) is 8.26. The van der Waals surface area contributed by atoms with Crippen LogP contribution in [0.15, 0.2) is 0 Å². The van der Waals surface area contributed by atoms with Crippen LogP contribution in [0.5, 0.6) is 0 Å². The van der Waals surface area contributed by atoms with Crippen LogP contribution < -0.4 is 0 Å². The molecular formula is C17H30O5. The Morgan fingerprint density at radius 2 is 1.59 bits per heavy atom. The fraction of sp³-hybridized carbons (Fsp3) is 0.941. The number of hydrogen-bond acceptors (Lipinski definition) is 5. The minimum absolute atomic E-state index is 0.0997. The Bertz CT molecular complexity index is 398. The minimum atomic E-state index is -0.466. The van der Waals surface area contributed by atoms with Crippen LogP contribution in [0.4, 0.5) is 0 Å². The molecule has 0 radical (unpaired) electrons. The Morgan fingerprint density at radius 1 is 1.05 bits per heavy atom. The van der Waals surface area contributed by atoms with Crippen molar-refractivity contribution in [2.45, 2.75) is 84.4 Å². The van der Waals surface area contributed by atoms with E-state index in [9.17, 15) is 4.79 Å². The van der Waals surface area contributed by atoms with E-state index in [0.29, 0.717) is 13.2 Å². The molecule has 2 aliphatic rings. The molecule has 0 spiro atoms. The zero-order chi connectivity index (χ0) is 16.5. The lowest BCUT2D eigenvalue weighted by atomic mass is 9.88. The molecular weight excluding hydrogens is 284 g/mol. The minimum Gasteiger partial charge on any atom is -0.457 e. The van der Waals surface area contributed by atoms with Crippen LogP contribution in [-0.4, -0.2) is 49.2 Å². The van der Waals surface area contributed by atoms with Gasteiger partial charge in [-0.1, -0.05) is 13.3 Å². The first-order valence-electron chi connectivity index (χ1n) is 8.26. The summed E-state index contributed by atoms with van der Waals surface area (Å²) in [5.74, 6) is -0.174. The number of rotatable bonds is 5. The van der Waals surface area contributed by atoms with Crippen molar-refractivity contribution in [3.63, 3.8) is 0 Å². The average Bonchev–Trinajstić information content (AvgIpc) is 2.92. The van der Waals surface area contributed by atoms with Gasteiger partial charge >= 0.3 is 5.97 Å². The molecule has 2 rings (SSSR count). The molecule has 0 saturated carbocycles. The maximum atomic E-state index is 12.3. The normalized spacial score (nSPS) is 32.1. The van der Waals surface area contributed by atoms with Crippen molar-refractivity contribution in [1.82, 2.24) is 0 Å². The molecule has 0 bridgehead atoms. The molecule has 2 saturated heterocycles. The lowest BCUT2D eigenvalue weighted by Gasteiger charge is -2.26. The van der Waals surface area contributed by atoms with Gasteiger partial charge in [-0.2, -0.15) is 0 Å². The third-order valence-corrected chi connectivity index (χ3v) is 4.15. The molecule has 22 heavy (non-hydrogen) atoms. The number of carbonyl (C=O) groups is 1. The molecule has 0 amide bonds. The number of hydrogen-bond donors (Lipinski definition) is 0. The zero-order valence-electron chi connectivity index (χ0n) is 14.7. The number of fused-ring (bicyclic) bond motifs is 1. The number of carbonyl (C=O) groups excluding carboxylic acids is 1. The molecule has 0 aromatic rings. The highest BCUT2D eigenvalue weighted by atomic mass is 16.7. The summed E-state index contributed by atoms with van der Waals surface area (Å²) in [5.41, 5.74) is -0.711. The maximum absolute atomic E-state index is 12.3. The number of ether oxygens (including phenoxy) is 4. The van der Waals surface area contributed by atoms with Crippen molar-refractivity contribution < 1.29 is 23.7 Å². The smallest absolute Gasteiger partial charge is 0.311 e. The van der Waals surface area contributed by atoms with E-state index in [1.54, 1.807) is 0 Å². The van der Waals surface area contributed by atoms with Crippen molar-refractivity contribution in [2.24, 2.45) is 5.41 Å². The molecule has 0 aliphatic carbocycles. The van der Waals surface area contributed by atoms with Gasteiger partial charge in [0.2, 0.25) is 0 Å².